The Kier molecular flexibility index (Phi) is 7.89. The van der Waals surface area contributed by atoms with Crippen LogP contribution in [0.5, 0.6) is 11.5 Å². The van der Waals surface area contributed by atoms with E-state index in [0.717, 1.165) is 0 Å². The van der Waals surface area contributed by atoms with Gasteiger partial charge in [0.05, 0.1) is 18.7 Å². The van der Waals surface area contributed by atoms with Crippen molar-refractivity contribution in [3.63, 3.8) is 0 Å². The number of halogens is 1. The molecule has 148 valence electrons. The summed E-state index contributed by atoms with van der Waals surface area (Å²) in [6.07, 6.45) is 1.80. The third-order valence-electron chi connectivity index (χ3n) is 3.65. The van der Waals surface area contributed by atoms with Gasteiger partial charge in [0.15, 0.2) is 17.6 Å². The molecule has 0 radical (unpaired) electrons. The van der Waals surface area contributed by atoms with Gasteiger partial charge in [-0.05, 0) is 49.8 Å². The zero-order valence-electron chi connectivity index (χ0n) is 15.9. The van der Waals surface area contributed by atoms with E-state index in [1.165, 1.54) is 26.2 Å². The summed E-state index contributed by atoms with van der Waals surface area (Å²) in [4.78, 5) is 24.1. The number of nitrogens with one attached hydrogen (secondary N) is 1. The summed E-state index contributed by atoms with van der Waals surface area (Å²) in [5, 5.41) is 3.03. The van der Waals surface area contributed by atoms with Crippen LogP contribution in [0.4, 0.5) is 5.69 Å². The highest BCUT2D eigenvalue weighted by molar-refractivity contribution is 6.32. The third kappa shape index (κ3) is 6.03. The molecule has 28 heavy (non-hydrogen) atoms. The molecule has 0 fully saturated rings. The molecule has 2 aromatic rings. The van der Waals surface area contributed by atoms with Gasteiger partial charge in [0.1, 0.15) is 0 Å². The van der Waals surface area contributed by atoms with Crippen LogP contribution in [-0.4, -0.2) is 31.7 Å². The first-order valence-corrected chi connectivity index (χ1v) is 9.07. The van der Waals surface area contributed by atoms with Crippen LogP contribution < -0.4 is 14.8 Å². The quantitative estimate of drug-likeness (QED) is 0.524. The van der Waals surface area contributed by atoms with E-state index < -0.39 is 18.0 Å². The number of para-hydroxylation sites is 1. The maximum Gasteiger partial charge on any atom is 0.331 e. The van der Waals surface area contributed by atoms with Gasteiger partial charge in [0, 0.05) is 11.8 Å². The molecular weight excluding hydrogens is 382 g/mol. The van der Waals surface area contributed by atoms with Crippen molar-refractivity contribution in [2.45, 2.75) is 20.0 Å². The molecule has 1 N–H and O–H groups in total. The number of esters is 1. The predicted octanol–water partition coefficient (Wildman–Crippen LogP) is 4.33. The molecule has 7 heteroatoms. The summed E-state index contributed by atoms with van der Waals surface area (Å²) in [6.45, 7) is 3.78. The van der Waals surface area contributed by atoms with Crippen molar-refractivity contribution in [1.82, 2.24) is 0 Å². The number of amides is 1. The summed E-state index contributed by atoms with van der Waals surface area (Å²) in [6, 6.07) is 12.3. The molecule has 2 aromatic carbocycles. The van der Waals surface area contributed by atoms with Crippen LogP contribution >= 0.6 is 11.6 Å². The first-order chi connectivity index (χ1) is 13.4. The second-order valence-electron chi connectivity index (χ2n) is 5.73. The highest BCUT2D eigenvalue weighted by Gasteiger charge is 2.17. The predicted molar refractivity (Wildman–Crippen MR) is 109 cm³/mol. The van der Waals surface area contributed by atoms with E-state index in [-0.39, 0.29) is 0 Å². The van der Waals surface area contributed by atoms with Crippen molar-refractivity contribution in [3.05, 3.63) is 59.1 Å². The zero-order chi connectivity index (χ0) is 20.5. The van der Waals surface area contributed by atoms with Gasteiger partial charge in [-0.2, -0.15) is 0 Å². The fraction of sp³-hybridized carbons (Fsp3) is 0.238. The van der Waals surface area contributed by atoms with Gasteiger partial charge in [0.25, 0.3) is 5.91 Å². The number of benzene rings is 2. The lowest BCUT2D eigenvalue weighted by molar-refractivity contribution is -0.148. The first kappa shape index (κ1) is 21.3. The van der Waals surface area contributed by atoms with Gasteiger partial charge < -0.3 is 19.5 Å². The first-order valence-electron chi connectivity index (χ1n) is 8.69. The van der Waals surface area contributed by atoms with Crippen LogP contribution in [0.1, 0.15) is 19.4 Å². The summed E-state index contributed by atoms with van der Waals surface area (Å²) < 4.78 is 15.8. The summed E-state index contributed by atoms with van der Waals surface area (Å²) in [7, 11) is 1.50. The molecule has 0 aliphatic heterocycles. The lowest BCUT2D eigenvalue weighted by Gasteiger charge is -2.13. The monoisotopic (exact) mass is 403 g/mol. The normalized spacial score (nSPS) is 11.7. The number of carbonyl (C=O) groups excluding carboxylic acids is 2. The second-order valence-corrected chi connectivity index (χ2v) is 6.14. The zero-order valence-corrected chi connectivity index (χ0v) is 16.7. The number of ether oxygens (including phenoxy) is 3. The van der Waals surface area contributed by atoms with E-state index in [2.05, 4.69) is 5.32 Å². The third-order valence-corrected chi connectivity index (χ3v) is 3.93. The highest BCUT2D eigenvalue weighted by atomic mass is 35.5. The van der Waals surface area contributed by atoms with Crippen molar-refractivity contribution in [3.8, 4) is 11.5 Å². The Bertz CT molecular complexity index is 851. The van der Waals surface area contributed by atoms with E-state index in [9.17, 15) is 9.59 Å². The molecule has 0 bridgehead atoms. The van der Waals surface area contributed by atoms with Gasteiger partial charge >= 0.3 is 5.97 Å². The number of anilines is 1. The Morgan fingerprint density at radius 1 is 1.21 bits per heavy atom. The molecule has 1 atom stereocenters. The van der Waals surface area contributed by atoms with Crippen molar-refractivity contribution in [2.24, 2.45) is 0 Å². The van der Waals surface area contributed by atoms with Crippen molar-refractivity contribution in [2.75, 3.05) is 19.0 Å². The van der Waals surface area contributed by atoms with Crippen molar-refractivity contribution in [1.29, 1.82) is 0 Å². The molecule has 2 rings (SSSR count). The number of carbonyl (C=O) groups is 2. The fourth-order valence-corrected chi connectivity index (χ4v) is 2.64. The smallest absolute Gasteiger partial charge is 0.331 e. The number of hydrogen-bond donors (Lipinski definition) is 1. The van der Waals surface area contributed by atoms with E-state index in [0.29, 0.717) is 34.4 Å². The van der Waals surface area contributed by atoms with Crippen LogP contribution in [0.15, 0.2) is 48.5 Å². The maximum absolute atomic E-state index is 12.1. The van der Waals surface area contributed by atoms with Gasteiger partial charge in [-0.15, -0.1) is 0 Å². The number of hydrogen-bond acceptors (Lipinski definition) is 5. The summed E-state index contributed by atoms with van der Waals surface area (Å²) in [5.41, 5.74) is 1.26. The largest absolute Gasteiger partial charge is 0.491 e. The standard InChI is InChI=1S/C21H22ClNO5/c1-4-27-18-13-15(12-17(22)20(18)26-3)10-11-19(24)28-14(2)21(25)23-16-8-6-5-7-9-16/h5-14H,4H2,1-3H3,(H,23,25)/b11-10+/t14-/m0/s1. The Morgan fingerprint density at radius 2 is 1.93 bits per heavy atom. The topological polar surface area (TPSA) is 73.9 Å². The van der Waals surface area contributed by atoms with Gasteiger partial charge in [-0.25, -0.2) is 4.79 Å². The Balaban J connectivity index is 2.00. The molecular formula is C21H22ClNO5. The Morgan fingerprint density at radius 3 is 2.57 bits per heavy atom. The molecule has 6 nitrogen and oxygen atoms in total. The second kappa shape index (κ2) is 10.4. The molecule has 0 aromatic heterocycles. The number of methoxy groups -OCH3 is 1. The van der Waals surface area contributed by atoms with E-state index in [4.69, 9.17) is 25.8 Å². The SMILES string of the molecule is CCOc1cc(/C=C/C(=O)O[C@@H](C)C(=O)Nc2ccccc2)cc(Cl)c1OC. The molecule has 1 amide bonds. The Hall–Kier alpha value is -2.99. The Labute approximate surface area is 169 Å². The fourth-order valence-electron chi connectivity index (χ4n) is 2.34. The average molecular weight is 404 g/mol. The maximum atomic E-state index is 12.1. The van der Waals surface area contributed by atoms with Crippen LogP contribution in [0.2, 0.25) is 5.02 Å². The van der Waals surface area contributed by atoms with E-state index in [1.54, 1.807) is 36.4 Å². The van der Waals surface area contributed by atoms with Crippen LogP contribution in [0.3, 0.4) is 0 Å². The summed E-state index contributed by atoms with van der Waals surface area (Å²) in [5.74, 6) is -0.171. The van der Waals surface area contributed by atoms with Crippen molar-refractivity contribution < 1.29 is 23.8 Å². The van der Waals surface area contributed by atoms with E-state index in [1.807, 2.05) is 13.0 Å². The summed E-state index contributed by atoms with van der Waals surface area (Å²) >= 11 is 6.18. The van der Waals surface area contributed by atoms with Crippen molar-refractivity contribution >= 4 is 35.2 Å². The minimum absolute atomic E-state index is 0.358. The highest BCUT2D eigenvalue weighted by Crippen LogP contribution is 2.36. The minimum Gasteiger partial charge on any atom is -0.491 e. The number of rotatable bonds is 8. The minimum atomic E-state index is -0.948. The average Bonchev–Trinajstić information content (AvgIpc) is 2.67. The molecule has 0 aliphatic carbocycles. The molecule has 0 heterocycles. The van der Waals surface area contributed by atoms with Crippen LogP contribution in [-0.2, 0) is 14.3 Å². The molecule has 0 aliphatic rings. The van der Waals surface area contributed by atoms with Gasteiger partial charge in [-0.1, -0.05) is 29.8 Å². The lowest BCUT2D eigenvalue weighted by Crippen LogP contribution is -2.29. The van der Waals surface area contributed by atoms with Gasteiger partial charge in [0.2, 0.25) is 0 Å². The van der Waals surface area contributed by atoms with Crippen LogP contribution in [0, 0.1) is 0 Å². The lowest BCUT2D eigenvalue weighted by atomic mass is 10.2. The molecule has 0 spiro atoms. The van der Waals surface area contributed by atoms with E-state index >= 15 is 0 Å². The molecule has 0 saturated heterocycles. The molecule has 0 saturated carbocycles. The van der Waals surface area contributed by atoms with Crippen LogP contribution in [0.25, 0.3) is 6.08 Å². The molecule has 0 unspecified atom stereocenters. The van der Waals surface area contributed by atoms with Gasteiger partial charge in [-0.3, -0.25) is 4.79 Å².